The fourth-order valence-corrected chi connectivity index (χ4v) is 2.26. The zero-order valence-electron chi connectivity index (χ0n) is 15.4. The third-order valence-electron chi connectivity index (χ3n) is 3.80. The molecule has 134 valence electrons. The predicted octanol–water partition coefficient (Wildman–Crippen LogP) is 4.99. The van der Waals surface area contributed by atoms with Crippen molar-refractivity contribution in [1.29, 1.82) is 0 Å². The zero-order chi connectivity index (χ0) is 17.1. The number of hydrogen-bond acceptors (Lipinski definition) is 3. The summed E-state index contributed by atoms with van der Waals surface area (Å²) in [6.45, 7) is 6.44. The average Bonchev–Trinajstić information content (AvgIpc) is 2.50. The molecule has 0 aromatic heterocycles. The molecule has 0 heterocycles. The second-order valence-electron chi connectivity index (χ2n) is 6.31. The van der Waals surface area contributed by atoms with Gasteiger partial charge in [0.15, 0.2) is 0 Å². The van der Waals surface area contributed by atoms with Crippen molar-refractivity contribution in [2.75, 3.05) is 6.54 Å². The molecule has 0 aliphatic heterocycles. The maximum Gasteiger partial charge on any atom is 0.129 e. The van der Waals surface area contributed by atoms with Gasteiger partial charge in [0, 0.05) is 13.0 Å². The summed E-state index contributed by atoms with van der Waals surface area (Å²) in [6.07, 6.45) is 15.4. The quantitative estimate of drug-likeness (QED) is 0.444. The molecule has 0 radical (unpaired) electrons. The summed E-state index contributed by atoms with van der Waals surface area (Å²) in [5.41, 5.74) is 5.32. The van der Waals surface area contributed by atoms with Crippen molar-refractivity contribution >= 4 is 5.78 Å². The van der Waals surface area contributed by atoms with Crippen molar-refractivity contribution < 1.29 is 9.90 Å². The Morgan fingerprint density at radius 2 is 1.32 bits per heavy atom. The highest BCUT2D eigenvalue weighted by Crippen LogP contribution is 2.10. The number of rotatable bonds is 14. The minimum Gasteiger partial charge on any atom is -0.392 e. The molecule has 0 aromatic rings. The van der Waals surface area contributed by atoms with Crippen LogP contribution in [-0.4, -0.2) is 23.5 Å². The second-order valence-corrected chi connectivity index (χ2v) is 6.31. The number of nitrogens with two attached hydrogens (primary N) is 1. The second kappa shape index (κ2) is 20.6. The van der Waals surface area contributed by atoms with Crippen LogP contribution in [0.15, 0.2) is 0 Å². The number of Topliss-reactive ketones (excluding diaryl/α,β-unsaturated/α-hetero) is 1. The summed E-state index contributed by atoms with van der Waals surface area (Å²) in [4.78, 5) is 10.3. The van der Waals surface area contributed by atoms with Crippen molar-refractivity contribution in [3.8, 4) is 0 Å². The average molecular weight is 316 g/mol. The molecular formula is C19H41NO2. The van der Waals surface area contributed by atoms with Crippen molar-refractivity contribution in [3.05, 3.63) is 0 Å². The molecule has 0 fully saturated rings. The van der Waals surface area contributed by atoms with E-state index in [1.807, 2.05) is 0 Å². The first-order chi connectivity index (χ1) is 10.6. The molecule has 0 bridgehead atoms. The number of ketones is 1. The summed E-state index contributed by atoms with van der Waals surface area (Å²) >= 11 is 0. The summed E-state index contributed by atoms with van der Waals surface area (Å²) in [5, 5.41) is 9.21. The van der Waals surface area contributed by atoms with Crippen LogP contribution in [0, 0.1) is 0 Å². The van der Waals surface area contributed by atoms with Crippen molar-refractivity contribution in [2.24, 2.45) is 5.73 Å². The van der Waals surface area contributed by atoms with Crippen LogP contribution >= 0.6 is 0 Å². The minimum absolute atomic E-state index is 0.268. The van der Waals surface area contributed by atoms with Crippen molar-refractivity contribution in [1.82, 2.24) is 0 Å². The molecule has 0 aliphatic carbocycles. The highest BCUT2D eigenvalue weighted by molar-refractivity contribution is 5.75. The topological polar surface area (TPSA) is 63.3 Å². The van der Waals surface area contributed by atoms with E-state index >= 15 is 0 Å². The summed E-state index contributed by atoms with van der Waals surface area (Å²) < 4.78 is 0. The number of hydrogen-bond donors (Lipinski definition) is 2. The normalized spacial score (nSPS) is 11.7. The van der Waals surface area contributed by atoms with Crippen LogP contribution in [-0.2, 0) is 4.79 Å². The minimum atomic E-state index is -0.268. The molecule has 22 heavy (non-hydrogen) atoms. The van der Waals surface area contributed by atoms with Crippen LogP contribution in [0.5, 0.6) is 0 Å². The highest BCUT2D eigenvalue weighted by Gasteiger charge is 1.99. The number of carbonyl (C=O) groups excluding carboxylic acids is 1. The lowest BCUT2D eigenvalue weighted by molar-refractivity contribution is -0.117. The van der Waals surface area contributed by atoms with Gasteiger partial charge in [0.2, 0.25) is 0 Å². The molecule has 0 amide bonds. The van der Waals surface area contributed by atoms with Gasteiger partial charge in [-0.2, -0.15) is 0 Å². The van der Waals surface area contributed by atoms with E-state index in [2.05, 4.69) is 13.8 Å². The van der Waals surface area contributed by atoms with Crippen LogP contribution in [0.4, 0.5) is 0 Å². The Kier molecular flexibility index (Phi) is 22.3. The number of aliphatic hydroxyl groups excluding tert-OH is 1. The maximum atomic E-state index is 10.3. The highest BCUT2D eigenvalue weighted by atomic mass is 16.3. The van der Waals surface area contributed by atoms with Gasteiger partial charge in [0.1, 0.15) is 5.78 Å². The van der Waals surface area contributed by atoms with Gasteiger partial charge in [-0.25, -0.2) is 0 Å². The predicted molar refractivity (Wildman–Crippen MR) is 97.1 cm³/mol. The van der Waals surface area contributed by atoms with Crippen LogP contribution in [0.25, 0.3) is 0 Å². The molecular weight excluding hydrogens is 274 g/mol. The largest absolute Gasteiger partial charge is 0.392 e. The molecule has 3 N–H and O–H groups in total. The van der Waals surface area contributed by atoms with E-state index in [4.69, 9.17) is 5.73 Å². The smallest absolute Gasteiger partial charge is 0.129 e. The first kappa shape index (κ1) is 23.9. The first-order valence-corrected chi connectivity index (χ1v) is 9.45. The van der Waals surface area contributed by atoms with Crippen LogP contribution in [0.1, 0.15) is 104 Å². The first-order valence-electron chi connectivity index (χ1n) is 9.45. The zero-order valence-corrected chi connectivity index (χ0v) is 15.4. The summed E-state index contributed by atoms with van der Waals surface area (Å²) in [6, 6.07) is 0. The van der Waals surface area contributed by atoms with Crippen LogP contribution in [0.3, 0.4) is 0 Å². The Labute approximate surface area is 139 Å². The van der Waals surface area contributed by atoms with Gasteiger partial charge in [0.05, 0.1) is 6.10 Å². The van der Waals surface area contributed by atoms with Crippen LogP contribution in [0.2, 0.25) is 0 Å². The summed E-state index contributed by atoms with van der Waals surface area (Å²) in [7, 11) is 0. The Morgan fingerprint density at radius 3 is 1.77 bits per heavy atom. The standard InChI is InChI=1S/C12H27NO.C7H14O/c1-2-3-4-5-6-7-8-9-10-12(14)11-13;1-3-4-5-6-7(2)8/h12,14H,2-11,13H2,1H3;3-6H2,1-2H3. The van der Waals surface area contributed by atoms with Crippen molar-refractivity contribution in [3.63, 3.8) is 0 Å². The van der Waals surface area contributed by atoms with E-state index in [1.165, 1.54) is 57.8 Å². The molecule has 0 aromatic carbocycles. The SMILES string of the molecule is CCCCCC(C)=O.CCCCCCCCCCC(O)CN. The molecule has 0 spiro atoms. The van der Waals surface area contributed by atoms with Gasteiger partial charge in [-0.3, -0.25) is 0 Å². The molecule has 0 saturated carbocycles. The summed E-state index contributed by atoms with van der Waals surface area (Å²) in [5.74, 6) is 0.318. The van der Waals surface area contributed by atoms with Gasteiger partial charge in [0.25, 0.3) is 0 Å². The molecule has 3 heteroatoms. The van der Waals surface area contributed by atoms with Gasteiger partial charge in [-0.1, -0.05) is 78.1 Å². The van der Waals surface area contributed by atoms with E-state index in [9.17, 15) is 9.90 Å². The Morgan fingerprint density at radius 1 is 0.864 bits per heavy atom. The number of unbranched alkanes of at least 4 members (excludes halogenated alkanes) is 9. The number of carbonyl (C=O) groups is 1. The van der Waals surface area contributed by atoms with E-state index in [0.717, 1.165) is 25.7 Å². The fraction of sp³-hybridized carbons (Fsp3) is 0.947. The van der Waals surface area contributed by atoms with Gasteiger partial charge >= 0.3 is 0 Å². The van der Waals surface area contributed by atoms with Gasteiger partial charge in [-0.15, -0.1) is 0 Å². The van der Waals surface area contributed by atoms with Crippen molar-refractivity contribution in [2.45, 2.75) is 110 Å². The molecule has 0 rings (SSSR count). The lowest BCUT2D eigenvalue weighted by Crippen LogP contribution is -2.19. The van der Waals surface area contributed by atoms with E-state index in [-0.39, 0.29) is 6.10 Å². The molecule has 1 atom stereocenters. The Hall–Kier alpha value is -0.410. The van der Waals surface area contributed by atoms with Gasteiger partial charge in [-0.05, 0) is 19.8 Å². The van der Waals surface area contributed by atoms with E-state index in [1.54, 1.807) is 6.92 Å². The molecule has 0 saturated heterocycles. The van der Waals surface area contributed by atoms with E-state index in [0.29, 0.717) is 12.3 Å². The monoisotopic (exact) mass is 315 g/mol. The Bertz CT molecular complexity index is 219. The third kappa shape index (κ3) is 24.6. The van der Waals surface area contributed by atoms with Gasteiger partial charge < -0.3 is 15.6 Å². The number of aliphatic hydroxyl groups is 1. The van der Waals surface area contributed by atoms with E-state index < -0.39 is 0 Å². The molecule has 3 nitrogen and oxygen atoms in total. The van der Waals surface area contributed by atoms with Crippen LogP contribution < -0.4 is 5.73 Å². The fourth-order valence-electron chi connectivity index (χ4n) is 2.26. The lowest BCUT2D eigenvalue weighted by atomic mass is 10.1. The maximum absolute atomic E-state index is 10.3. The molecule has 0 aliphatic rings. The molecule has 1 unspecified atom stereocenters. The Balaban J connectivity index is 0. The lowest BCUT2D eigenvalue weighted by Gasteiger charge is -2.06. The third-order valence-corrected chi connectivity index (χ3v) is 3.80.